The number of nitrogens with zero attached hydrogens (tertiary/aromatic N) is 2. The van der Waals surface area contributed by atoms with E-state index in [1.807, 2.05) is 18.2 Å². The Labute approximate surface area is 181 Å². The molecule has 1 saturated carbocycles. The topological polar surface area (TPSA) is 66.0 Å². The monoisotopic (exact) mass is 414 g/mol. The highest BCUT2D eigenvalue weighted by atomic mass is 16.5. The smallest absolute Gasteiger partial charge is 0.225 e. The van der Waals surface area contributed by atoms with Gasteiger partial charge in [0.2, 0.25) is 5.91 Å². The van der Waals surface area contributed by atoms with Crippen LogP contribution in [-0.4, -0.2) is 56.1 Å². The van der Waals surface area contributed by atoms with Gasteiger partial charge in [0.25, 0.3) is 0 Å². The van der Waals surface area contributed by atoms with Crippen molar-refractivity contribution < 1.29 is 9.53 Å². The standard InChI is InChI=1S/C24H38N4O2/c1-19(17-30-18-20-9-5-3-6-10-20)15-26-24(25-2)27-22-13-14-28(16-22)23(29)21-11-7-4-8-12-21/h3,5-6,9-10,19,21-22H,4,7-8,11-18H2,1-2H3,(H2,25,26,27). The van der Waals surface area contributed by atoms with Gasteiger partial charge in [-0.2, -0.15) is 0 Å². The number of hydrogen-bond donors (Lipinski definition) is 2. The van der Waals surface area contributed by atoms with E-state index in [4.69, 9.17) is 4.74 Å². The summed E-state index contributed by atoms with van der Waals surface area (Å²) in [6, 6.07) is 10.5. The number of carbonyl (C=O) groups is 1. The Kier molecular flexibility index (Phi) is 9.00. The summed E-state index contributed by atoms with van der Waals surface area (Å²) in [5.41, 5.74) is 1.20. The zero-order valence-corrected chi connectivity index (χ0v) is 18.6. The molecule has 2 unspecified atom stereocenters. The first-order valence-electron chi connectivity index (χ1n) is 11.5. The van der Waals surface area contributed by atoms with Crippen LogP contribution in [0.5, 0.6) is 0 Å². The van der Waals surface area contributed by atoms with Gasteiger partial charge >= 0.3 is 0 Å². The van der Waals surface area contributed by atoms with Crippen LogP contribution in [-0.2, 0) is 16.1 Å². The van der Waals surface area contributed by atoms with Crippen molar-refractivity contribution in [3.63, 3.8) is 0 Å². The third-order valence-electron chi connectivity index (χ3n) is 6.15. The maximum atomic E-state index is 12.8. The molecule has 1 saturated heterocycles. The number of carbonyl (C=O) groups excluding carboxylic acids is 1. The molecule has 1 aromatic rings. The lowest BCUT2D eigenvalue weighted by molar-refractivity contribution is -0.135. The molecule has 1 heterocycles. The van der Waals surface area contributed by atoms with Crippen molar-refractivity contribution in [3.8, 4) is 0 Å². The van der Waals surface area contributed by atoms with E-state index < -0.39 is 0 Å². The summed E-state index contributed by atoms with van der Waals surface area (Å²) in [7, 11) is 1.80. The van der Waals surface area contributed by atoms with Gasteiger partial charge < -0.3 is 20.3 Å². The first-order valence-corrected chi connectivity index (χ1v) is 11.5. The van der Waals surface area contributed by atoms with E-state index in [9.17, 15) is 4.79 Å². The summed E-state index contributed by atoms with van der Waals surface area (Å²) in [5.74, 6) is 1.81. The molecule has 1 amide bonds. The van der Waals surface area contributed by atoms with Gasteiger partial charge in [-0.05, 0) is 30.7 Å². The molecular weight excluding hydrogens is 376 g/mol. The van der Waals surface area contributed by atoms with E-state index in [2.05, 4.69) is 39.6 Å². The lowest BCUT2D eigenvalue weighted by Crippen LogP contribution is -2.46. The predicted molar refractivity (Wildman–Crippen MR) is 121 cm³/mol. The Morgan fingerprint density at radius 2 is 1.97 bits per heavy atom. The summed E-state index contributed by atoms with van der Waals surface area (Å²) < 4.78 is 5.83. The maximum Gasteiger partial charge on any atom is 0.225 e. The molecule has 6 nitrogen and oxygen atoms in total. The molecule has 3 rings (SSSR count). The SMILES string of the molecule is CN=C(NCC(C)COCc1ccccc1)NC1CCN(C(=O)C2CCCCC2)C1. The van der Waals surface area contributed by atoms with Crippen LogP contribution in [0.15, 0.2) is 35.3 Å². The second-order valence-electron chi connectivity index (χ2n) is 8.81. The van der Waals surface area contributed by atoms with E-state index in [0.29, 0.717) is 25.0 Å². The first-order chi connectivity index (χ1) is 14.7. The van der Waals surface area contributed by atoms with Crippen molar-refractivity contribution in [2.24, 2.45) is 16.8 Å². The fraction of sp³-hybridized carbons (Fsp3) is 0.667. The molecule has 166 valence electrons. The number of likely N-dealkylation sites (tertiary alicyclic amines) is 1. The number of ether oxygens (including phenoxy) is 1. The lowest BCUT2D eigenvalue weighted by atomic mass is 9.88. The molecule has 30 heavy (non-hydrogen) atoms. The van der Waals surface area contributed by atoms with Crippen LogP contribution in [0.1, 0.15) is 51.0 Å². The Morgan fingerprint density at radius 3 is 2.70 bits per heavy atom. The van der Waals surface area contributed by atoms with Crippen molar-refractivity contribution in [2.75, 3.05) is 33.3 Å². The average Bonchev–Trinajstić information content (AvgIpc) is 3.26. The number of rotatable bonds is 8. The van der Waals surface area contributed by atoms with Crippen LogP contribution in [0, 0.1) is 11.8 Å². The highest BCUT2D eigenvalue weighted by molar-refractivity contribution is 5.81. The number of hydrogen-bond acceptors (Lipinski definition) is 3. The summed E-state index contributed by atoms with van der Waals surface area (Å²) >= 11 is 0. The molecule has 6 heteroatoms. The van der Waals surface area contributed by atoms with Crippen molar-refractivity contribution in [3.05, 3.63) is 35.9 Å². The van der Waals surface area contributed by atoms with Crippen molar-refractivity contribution >= 4 is 11.9 Å². The zero-order chi connectivity index (χ0) is 21.2. The molecule has 2 aliphatic rings. The van der Waals surface area contributed by atoms with Gasteiger partial charge in [0, 0.05) is 38.6 Å². The van der Waals surface area contributed by atoms with Gasteiger partial charge in [-0.3, -0.25) is 9.79 Å². The fourth-order valence-electron chi connectivity index (χ4n) is 4.36. The quantitative estimate of drug-likeness (QED) is 0.506. The van der Waals surface area contributed by atoms with E-state index in [0.717, 1.165) is 44.9 Å². The van der Waals surface area contributed by atoms with Crippen LogP contribution >= 0.6 is 0 Å². The molecule has 1 aliphatic carbocycles. The molecule has 0 radical (unpaired) electrons. The van der Waals surface area contributed by atoms with Crippen molar-refractivity contribution in [2.45, 2.75) is 58.1 Å². The van der Waals surface area contributed by atoms with Gasteiger partial charge in [0.05, 0.1) is 13.2 Å². The minimum atomic E-state index is 0.256. The molecule has 0 aromatic heterocycles. The number of guanidine groups is 1. The highest BCUT2D eigenvalue weighted by Crippen LogP contribution is 2.26. The van der Waals surface area contributed by atoms with Crippen molar-refractivity contribution in [1.82, 2.24) is 15.5 Å². The minimum Gasteiger partial charge on any atom is -0.376 e. The van der Waals surface area contributed by atoms with E-state index in [1.165, 1.54) is 24.8 Å². The van der Waals surface area contributed by atoms with Crippen molar-refractivity contribution in [1.29, 1.82) is 0 Å². The zero-order valence-electron chi connectivity index (χ0n) is 18.6. The fourth-order valence-corrected chi connectivity index (χ4v) is 4.36. The number of benzene rings is 1. The van der Waals surface area contributed by atoms with Gasteiger partial charge in [0.15, 0.2) is 5.96 Å². The minimum absolute atomic E-state index is 0.256. The lowest BCUT2D eigenvalue weighted by Gasteiger charge is -2.26. The number of nitrogens with one attached hydrogen (secondary N) is 2. The summed E-state index contributed by atoms with van der Waals surface area (Å²) in [6.07, 6.45) is 6.81. The molecule has 1 aromatic carbocycles. The van der Waals surface area contributed by atoms with E-state index >= 15 is 0 Å². The third kappa shape index (κ3) is 7.01. The van der Waals surface area contributed by atoms with Gasteiger partial charge in [-0.25, -0.2) is 0 Å². The molecular formula is C24H38N4O2. The summed E-state index contributed by atoms with van der Waals surface area (Å²) in [5, 5.41) is 6.90. The van der Waals surface area contributed by atoms with E-state index in [1.54, 1.807) is 7.05 Å². The molecule has 2 atom stereocenters. The predicted octanol–water partition coefficient (Wildman–Crippen LogP) is 3.19. The van der Waals surface area contributed by atoms with E-state index in [-0.39, 0.29) is 12.0 Å². The summed E-state index contributed by atoms with van der Waals surface area (Å²) in [6.45, 7) is 5.95. The first kappa shape index (κ1) is 22.6. The van der Waals surface area contributed by atoms with Crippen LogP contribution in [0.4, 0.5) is 0 Å². The summed E-state index contributed by atoms with van der Waals surface area (Å²) in [4.78, 5) is 19.2. The number of aliphatic imine (C=N–C) groups is 1. The van der Waals surface area contributed by atoms with Gasteiger partial charge in [-0.1, -0.05) is 56.5 Å². The van der Waals surface area contributed by atoms with Gasteiger partial charge in [-0.15, -0.1) is 0 Å². The van der Waals surface area contributed by atoms with Crippen LogP contribution in [0.25, 0.3) is 0 Å². The molecule has 2 fully saturated rings. The Balaban J connectivity index is 1.33. The molecule has 0 spiro atoms. The Bertz CT molecular complexity index is 673. The normalized spacial score (nSPS) is 21.5. The van der Waals surface area contributed by atoms with Crippen LogP contribution < -0.4 is 10.6 Å². The second-order valence-corrected chi connectivity index (χ2v) is 8.81. The van der Waals surface area contributed by atoms with Crippen LogP contribution in [0.3, 0.4) is 0 Å². The Hall–Kier alpha value is -2.08. The third-order valence-corrected chi connectivity index (χ3v) is 6.15. The second kappa shape index (κ2) is 11.9. The van der Waals surface area contributed by atoms with Crippen LogP contribution in [0.2, 0.25) is 0 Å². The number of amides is 1. The maximum absolute atomic E-state index is 12.8. The Morgan fingerprint density at radius 1 is 1.20 bits per heavy atom. The molecule has 0 bridgehead atoms. The largest absolute Gasteiger partial charge is 0.376 e. The average molecular weight is 415 g/mol. The van der Waals surface area contributed by atoms with Gasteiger partial charge in [0.1, 0.15) is 0 Å². The molecule has 2 N–H and O–H groups in total. The highest BCUT2D eigenvalue weighted by Gasteiger charge is 2.31. The molecule has 1 aliphatic heterocycles.